The Bertz CT molecular complexity index is 1010. The van der Waals surface area contributed by atoms with E-state index in [0.717, 1.165) is 40.3 Å². The van der Waals surface area contributed by atoms with Gasteiger partial charge in [0.05, 0.1) is 25.5 Å². The summed E-state index contributed by atoms with van der Waals surface area (Å²) in [6.45, 7) is 3.57. The third-order valence-corrected chi connectivity index (χ3v) is 6.55. The van der Waals surface area contributed by atoms with Crippen molar-refractivity contribution in [1.82, 2.24) is 14.8 Å². The molecule has 31 heavy (non-hydrogen) atoms. The van der Waals surface area contributed by atoms with Gasteiger partial charge in [-0.15, -0.1) is 22.0 Å². The highest BCUT2D eigenvalue weighted by Crippen LogP contribution is 2.25. The van der Waals surface area contributed by atoms with Gasteiger partial charge >= 0.3 is 0 Å². The van der Waals surface area contributed by atoms with E-state index in [-0.39, 0.29) is 11.7 Å². The molecule has 0 aliphatic carbocycles. The Kier molecular flexibility index (Phi) is 7.50. The van der Waals surface area contributed by atoms with Crippen molar-refractivity contribution < 1.29 is 9.53 Å². The van der Waals surface area contributed by atoms with Crippen LogP contribution in [0.25, 0.3) is 0 Å². The minimum absolute atomic E-state index is 0.0644. The normalized spacial score (nSPS) is 13.9. The largest absolute Gasteiger partial charge is 0.378 e. The first kappa shape index (κ1) is 21.7. The Balaban J connectivity index is 1.47. The Morgan fingerprint density at radius 2 is 1.90 bits per heavy atom. The van der Waals surface area contributed by atoms with E-state index in [0.29, 0.717) is 19.8 Å². The molecule has 9 heteroatoms. The molecular formula is C22H25N5O2S2. The summed E-state index contributed by atoms with van der Waals surface area (Å²) < 4.78 is 7.57. The molecule has 0 radical (unpaired) electrons. The molecule has 0 bridgehead atoms. The average molecular weight is 456 g/mol. The van der Waals surface area contributed by atoms with Gasteiger partial charge in [0.15, 0.2) is 5.16 Å². The standard InChI is InChI=1S/C22H25N5O2S2/c1-30-19-9-5-8-18(14-19)23-20(28)16-31-22-25-24-21(26-10-12-29-13-11-26)27(22)15-17-6-3-2-4-7-17/h2-9,14H,10-13,15-16H2,1H3,(H,23,28). The highest BCUT2D eigenvalue weighted by Gasteiger charge is 2.21. The van der Waals surface area contributed by atoms with Crippen LogP contribution in [0.3, 0.4) is 0 Å². The molecule has 1 fully saturated rings. The topological polar surface area (TPSA) is 72.3 Å². The number of morpholine rings is 1. The van der Waals surface area contributed by atoms with Gasteiger partial charge in [0.1, 0.15) is 0 Å². The Morgan fingerprint density at radius 3 is 2.68 bits per heavy atom. The van der Waals surface area contributed by atoms with Crippen LogP contribution in [0.1, 0.15) is 5.56 Å². The summed E-state index contributed by atoms with van der Waals surface area (Å²) in [5.41, 5.74) is 1.97. The molecular weight excluding hydrogens is 430 g/mol. The first-order valence-corrected chi connectivity index (χ1v) is 12.3. The third kappa shape index (κ3) is 5.81. The number of hydrogen-bond acceptors (Lipinski definition) is 7. The average Bonchev–Trinajstić information content (AvgIpc) is 3.21. The first-order chi connectivity index (χ1) is 15.2. The van der Waals surface area contributed by atoms with Crippen molar-refractivity contribution in [1.29, 1.82) is 0 Å². The van der Waals surface area contributed by atoms with Gasteiger partial charge in [-0.3, -0.25) is 9.36 Å². The highest BCUT2D eigenvalue weighted by molar-refractivity contribution is 7.99. The monoisotopic (exact) mass is 455 g/mol. The lowest BCUT2D eigenvalue weighted by Gasteiger charge is -2.28. The molecule has 0 atom stereocenters. The molecule has 4 rings (SSSR count). The number of hydrogen-bond donors (Lipinski definition) is 1. The lowest BCUT2D eigenvalue weighted by molar-refractivity contribution is -0.113. The summed E-state index contributed by atoms with van der Waals surface area (Å²) in [5.74, 6) is 1.02. The van der Waals surface area contributed by atoms with Gasteiger partial charge in [-0.25, -0.2) is 0 Å². The van der Waals surface area contributed by atoms with E-state index in [1.807, 2.05) is 48.7 Å². The van der Waals surface area contributed by atoms with Gasteiger partial charge in [-0.1, -0.05) is 48.2 Å². The summed E-state index contributed by atoms with van der Waals surface area (Å²) in [4.78, 5) is 15.8. The van der Waals surface area contributed by atoms with Crippen LogP contribution in [0.2, 0.25) is 0 Å². The van der Waals surface area contributed by atoms with Crippen molar-refractivity contribution in [3.05, 3.63) is 60.2 Å². The van der Waals surface area contributed by atoms with Crippen LogP contribution in [-0.2, 0) is 16.1 Å². The van der Waals surface area contributed by atoms with E-state index < -0.39 is 0 Å². The molecule has 1 aliphatic rings. The van der Waals surface area contributed by atoms with Gasteiger partial charge in [0, 0.05) is 23.7 Å². The summed E-state index contributed by atoms with van der Waals surface area (Å²) >= 11 is 3.05. The van der Waals surface area contributed by atoms with Gasteiger partial charge in [-0.2, -0.15) is 0 Å². The molecule has 162 valence electrons. The number of nitrogens with zero attached hydrogens (tertiary/aromatic N) is 4. The second kappa shape index (κ2) is 10.7. The van der Waals surface area contributed by atoms with Crippen LogP contribution in [0.15, 0.2) is 64.6 Å². The van der Waals surface area contributed by atoms with E-state index in [1.165, 1.54) is 11.8 Å². The number of aromatic nitrogens is 3. The third-order valence-electron chi connectivity index (χ3n) is 4.86. The Hall–Kier alpha value is -2.49. The fraction of sp³-hybridized carbons (Fsp3) is 0.318. The van der Waals surface area contributed by atoms with Gasteiger partial charge in [0.25, 0.3) is 0 Å². The second-order valence-corrected chi connectivity index (χ2v) is 8.84. The van der Waals surface area contributed by atoms with Crippen LogP contribution in [-0.4, -0.2) is 59.0 Å². The van der Waals surface area contributed by atoms with Crippen LogP contribution in [0.4, 0.5) is 11.6 Å². The maximum absolute atomic E-state index is 12.5. The predicted molar refractivity (Wildman–Crippen MR) is 126 cm³/mol. The maximum Gasteiger partial charge on any atom is 0.234 e. The van der Waals surface area contributed by atoms with Crippen molar-refractivity contribution in [2.24, 2.45) is 0 Å². The maximum atomic E-state index is 12.5. The number of carbonyl (C=O) groups excluding carboxylic acids is 1. The van der Waals surface area contributed by atoms with E-state index in [2.05, 4.69) is 37.1 Å². The molecule has 0 unspecified atom stereocenters. The zero-order valence-electron chi connectivity index (χ0n) is 17.4. The van der Waals surface area contributed by atoms with E-state index in [1.54, 1.807) is 11.8 Å². The number of amides is 1. The molecule has 3 aromatic rings. The van der Waals surface area contributed by atoms with Crippen LogP contribution in [0, 0.1) is 0 Å². The molecule has 2 heterocycles. The zero-order chi connectivity index (χ0) is 21.5. The van der Waals surface area contributed by atoms with E-state index >= 15 is 0 Å². The fourth-order valence-electron chi connectivity index (χ4n) is 3.32. The Morgan fingerprint density at radius 1 is 1.10 bits per heavy atom. The fourth-order valence-corrected chi connectivity index (χ4v) is 4.51. The minimum atomic E-state index is -0.0644. The lowest BCUT2D eigenvalue weighted by Crippen LogP contribution is -2.38. The van der Waals surface area contributed by atoms with Crippen LogP contribution < -0.4 is 10.2 Å². The van der Waals surface area contributed by atoms with Crippen LogP contribution in [0.5, 0.6) is 0 Å². The second-order valence-electron chi connectivity index (χ2n) is 7.02. The van der Waals surface area contributed by atoms with Gasteiger partial charge < -0.3 is 15.0 Å². The van der Waals surface area contributed by atoms with Gasteiger partial charge in [-0.05, 0) is 30.0 Å². The zero-order valence-corrected chi connectivity index (χ0v) is 19.0. The van der Waals surface area contributed by atoms with Crippen LogP contribution >= 0.6 is 23.5 Å². The molecule has 2 aromatic carbocycles. The number of carbonyl (C=O) groups is 1. The van der Waals surface area contributed by atoms with Crippen molar-refractivity contribution in [3.63, 3.8) is 0 Å². The number of ether oxygens (including phenoxy) is 1. The number of thioether (sulfide) groups is 2. The smallest absolute Gasteiger partial charge is 0.234 e. The summed E-state index contributed by atoms with van der Waals surface area (Å²) in [6, 6.07) is 18.1. The quantitative estimate of drug-likeness (QED) is 0.520. The molecule has 1 saturated heterocycles. The Labute approximate surface area is 190 Å². The summed E-state index contributed by atoms with van der Waals surface area (Å²) in [6.07, 6.45) is 2.02. The molecule has 1 aliphatic heterocycles. The van der Waals surface area contributed by atoms with Crippen molar-refractivity contribution in [3.8, 4) is 0 Å². The molecule has 0 spiro atoms. The SMILES string of the molecule is CSc1cccc(NC(=O)CSc2nnc(N3CCOCC3)n2Cc2ccccc2)c1. The minimum Gasteiger partial charge on any atom is -0.378 e. The van der Waals surface area contributed by atoms with Crippen molar-refractivity contribution in [2.75, 3.05) is 48.5 Å². The predicted octanol–water partition coefficient (Wildman–Crippen LogP) is 3.62. The van der Waals surface area contributed by atoms with E-state index in [9.17, 15) is 4.79 Å². The molecule has 0 saturated carbocycles. The number of benzene rings is 2. The lowest BCUT2D eigenvalue weighted by atomic mass is 10.2. The number of anilines is 2. The molecule has 1 aromatic heterocycles. The van der Waals surface area contributed by atoms with E-state index in [4.69, 9.17) is 4.74 Å². The highest BCUT2D eigenvalue weighted by atomic mass is 32.2. The summed E-state index contributed by atoms with van der Waals surface area (Å²) in [5, 5.41) is 12.6. The number of rotatable bonds is 8. The number of nitrogens with one attached hydrogen (secondary N) is 1. The summed E-state index contributed by atoms with van der Waals surface area (Å²) in [7, 11) is 0. The van der Waals surface area contributed by atoms with Crippen molar-refractivity contribution in [2.45, 2.75) is 16.6 Å². The van der Waals surface area contributed by atoms with Gasteiger partial charge in [0.2, 0.25) is 11.9 Å². The molecule has 1 N–H and O–H groups in total. The molecule has 7 nitrogen and oxygen atoms in total. The van der Waals surface area contributed by atoms with Crippen molar-refractivity contribution >= 4 is 41.1 Å². The molecule has 1 amide bonds. The first-order valence-electron chi connectivity index (χ1n) is 10.1.